The third-order valence-electron chi connectivity index (χ3n) is 1.90. The highest BCUT2D eigenvalue weighted by Gasteiger charge is 2.16. The summed E-state index contributed by atoms with van der Waals surface area (Å²) < 4.78 is 14.1. The first-order valence-corrected chi connectivity index (χ1v) is 4.86. The largest absolute Gasteiger partial charge is 0.290 e. The predicted octanol–water partition coefficient (Wildman–Crippen LogP) is 2.71. The molecule has 0 bridgehead atoms. The van der Waals surface area contributed by atoms with E-state index in [0.717, 1.165) is 0 Å². The molecule has 0 spiro atoms. The lowest BCUT2D eigenvalue weighted by Gasteiger charge is -2.17. The second kappa shape index (κ2) is 4.54. The molecule has 0 saturated heterocycles. The molecule has 1 rings (SSSR count). The number of benzene rings is 1. The highest BCUT2D eigenvalue weighted by molar-refractivity contribution is 9.10. The van der Waals surface area contributed by atoms with Crippen LogP contribution >= 0.6 is 15.9 Å². The van der Waals surface area contributed by atoms with Gasteiger partial charge < -0.3 is 0 Å². The lowest BCUT2D eigenvalue weighted by Crippen LogP contribution is -2.19. The zero-order chi connectivity index (χ0) is 10.7. The van der Waals surface area contributed by atoms with Crippen LogP contribution in [-0.2, 0) is 0 Å². The number of nitrogens with zero attached hydrogens (tertiary/aromatic N) is 2. The van der Waals surface area contributed by atoms with E-state index in [0.29, 0.717) is 10.0 Å². The van der Waals surface area contributed by atoms with Crippen LogP contribution in [0.25, 0.3) is 0 Å². The van der Waals surface area contributed by atoms with Gasteiger partial charge in [-0.1, -0.05) is 22.0 Å². The molecule has 4 heteroatoms. The molecular formula is C10H10BrFN2. The van der Waals surface area contributed by atoms with Gasteiger partial charge in [0.1, 0.15) is 11.9 Å². The average molecular weight is 257 g/mol. The van der Waals surface area contributed by atoms with Crippen LogP contribution in [0.1, 0.15) is 11.6 Å². The highest BCUT2D eigenvalue weighted by atomic mass is 79.9. The van der Waals surface area contributed by atoms with E-state index in [4.69, 9.17) is 5.26 Å². The minimum atomic E-state index is -0.539. The van der Waals surface area contributed by atoms with Crippen molar-refractivity contribution in [2.24, 2.45) is 0 Å². The van der Waals surface area contributed by atoms with Crippen molar-refractivity contribution >= 4 is 15.9 Å². The van der Waals surface area contributed by atoms with Gasteiger partial charge in [-0.05, 0) is 26.2 Å². The third kappa shape index (κ3) is 2.31. The van der Waals surface area contributed by atoms with E-state index in [2.05, 4.69) is 15.9 Å². The van der Waals surface area contributed by atoms with Crippen LogP contribution in [0, 0.1) is 17.1 Å². The second-order valence-corrected chi connectivity index (χ2v) is 4.08. The summed E-state index contributed by atoms with van der Waals surface area (Å²) in [5.41, 5.74) is 0.403. The fourth-order valence-electron chi connectivity index (χ4n) is 1.19. The molecule has 1 aromatic carbocycles. The van der Waals surface area contributed by atoms with E-state index >= 15 is 0 Å². The Balaban J connectivity index is 3.13. The van der Waals surface area contributed by atoms with E-state index in [1.165, 1.54) is 6.07 Å². The summed E-state index contributed by atoms with van der Waals surface area (Å²) in [5.74, 6) is -0.361. The van der Waals surface area contributed by atoms with E-state index in [1.54, 1.807) is 31.1 Å². The molecule has 0 aromatic heterocycles. The lowest BCUT2D eigenvalue weighted by molar-refractivity contribution is 0.349. The van der Waals surface area contributed by atoms with Crippen molar-refractivity contribution in [2.45, 2.75) is 6.04 Å². The van der Waals surface area contributed by atoms with Gasteiger partial charge in [0, 0.05) is 10.0 Å². The van der Waals surface area contributed by atoms with Gasteiger partial charge in [0.2, 0.25) is 0 Å². The quantitative estimate of drug-likeness (QED) is 0.814. The van der Waals surface area contributed by atoms with Crippen LogP contribution in [0.3, 0.4) is 0 Å². The standard InChI is InChI=1S/C10H10BrFN2/c1-14(2)10(6-13)8-4-3-7(11)5-9(8)12/h3-5,10H,1-2H3. The molecule has 2 nitrogen and oxygen atoms in total. The number of rotatable bonds is 2. The molecule has 0 radical (unpaired) electrons. The Kier molecular flexibility index (Phi) is 3.62. The van der Waals surface area contributed by atoms with E-state index in [9.17, 15) is 4.39 Å². The fourth-order valence-corrected chi connectivity index (χ4v) is 1.52. The molecule has 1 unspecified atom stereocenters. The number of halogens is 2. The molecule has 14 heavy (non-hydrogen) atoms. The molecule has 74 valence electrons. The third-order valence-corrected chi connectivity index (χ3v) is 2.39. The smallest absolute Gasteiger partial charge is 0.130 e. The summed E-state index contributed by atoms with van der Waals surface area (Å²) in [6.45, 7) is 0. The van der Waals surface area contributed by atoms with E-state index in [-0.39, 0.29) is 5.82 Å². The molecule has 0 heterocycles. The van der Waals surface area contributed by atoms with Crippen molar-refractivity contribution in [2.75, 3.05) is 14.1 Å². The molecule has 1 atom stereocenters. The fraction of sp³-hybridized carbons (Fsp3) is 0.300. The van der Waals surface area contributed by atoms with Crippen molar-refractivity contribution in [3.8, 4) is 6.07 Å². The normalized spacial score (nSPS) is 12.6. The molecule has 0 amide bonds. The van der Waals surface area contributed by atoms with E-state index < -0.39 is 6.04 Å². The Morgan fingerprint density at radius 3 is 2.57 bits per heavy atom. The number of hydrogen-bond acceptors (Lipinski definition) is 2. The molecule has 0 saturated carbocycles. The molecular weight excluding hydrogens is 247 g/mol. The zero-order valence-electron chi connectivity index (χ0n) is 7.96. The van der Waals surface area contributed by atoms with Gasteiger partial charge in [-0.3, -0.25) is 4.90 Å². The molecule has 0 aliphatic rings. The van der Waals surface area contributed by atoms with Gasteiger partial charge in [0.15, 0.2) is 0 Å². The van der Waals surface area contributed by atoms with Gasteiger partial charge in [-0.2, -0.15) is 5.26 Å². The minimum Gasteiger partial charge on any atom is -0.290 e. The molecule has 0 N–H and O–H groups in total. The summed E-state index contributed by atoms with van der Waals surface area (Å²) in [4.78, 5) is 1.67. The summed E-state index contributed by atoms with van der Waals surface area (Å²) in [6.07, 6.45) is 0. The Labute approximate surface area is 91.1 Å². The minimum absolute atomic E-state index is 0.361. The SMILES string of the molecule is CN(C)C(C#N)c1ccc(Br)cc1F. The second-order valence-electron chi connectivity index (χ2n) is 3.16. The maximum absolute atomic E-state index is 13.4. The van der Waals surface area contributed by atoms with E-state index in [1.807, 2.05) is 6.07 Å². The Bertz CT molecular complexity index is 371. The van der Waals surface area contributed by atoms with Crippen LogP contribution in [0.4, 0.5) is 4.39 Å². The predicted molar refractivity (Wildman–Crippen MR) is 56.1 cm³/mol. The summed E-state index contributed by atoms with van der Waals surface area (Å²) in [5, 5.41) is 8.87. The molecule has 0 aliphatic carbocycles. The average Bonchev–Trinajstić information content (AvgIpc) is 2.09. The molecule has 0 fully saturated rings. The van der Waals surface area contributed by atoms with Gasteiger partial charge in [0.05, 0.1) is 6.07 Å². The zero-order valence-corrected chi connectivity index (χ0v) is 9.55. The van der Waals surface area contributed by atoms with Crippen molar-refractivity contribution in [3.05, 3.63) is 34.1 Å². The number of hydrogen-bond donors (Lipinski definition) is 0. The van der Waals surface area contributed by atoms with Crippen LogP contribution in [-0.4, -0.2) is 19.0 Å². The van der Waals surface area contributed by atoms with Crippen LogP contribution in [0.15, 0.2) is 22.7 Å². The first-order chi connectivity index (χ1) is 6.56. The van der Waals surface area contributed by atoms with Gasteiger partial charge in [0.25, 0.3) is 0 Å². The van der Waals surface area contributed by atoms with Crippen molar-refractivity contribution in [1.29, 1.82) is 5.26 Å². The first-order valence-electron chi connectivity index (χ1n) is 4.07. The first kappa shape index (κ1) is 11.2. The van der Waals surface area contributed by atoms with Crippen molar-refractivity contribution in [3.63, 3.8) is 0 Å². The van der Waals surface area contributed by atoms with Crippen molar-refractivity contribution in [1.82, 2.24) is 4.90 Å². The molecule has 1 aromatic rings. The lowest BCUT2D eigenvalue weighted by atomic mass is 10.1. The van der Waals surface area contributed by atoms with Crippen molar-refractivity contribution < 1.29 is 4.39 Å². The maximum Gasteiger partial charge on any atom is 0.130 e. The Morgan fingerprint density at radius 2 is 2.14 bits per heavy atom. The van der Waals surface area contributed by atoms with Gasteiger partial charge >= 0.3 is 0 Å². The van der Waals surface area contributed by atoms with Crippen LogP contribution < -0.4 is 0 Å². The molecule has 0 aliphatic heterocycles. The Hall–Kier alpha value is -0.920. The topological polar surface area (TPSA) is 27.0 Å². The van der Waals surface area contributed by atoms with Crippen LogP contribution in [0.2, 0.25) is 0 Å². The Morgan fingerprint density at radius 1 is 1.50 bits per heavy atom. The van der Waals surface area contributed by atoms with Crippen LogP contribution in [0.5, 0.6) is 0 Å². The van der Waals surface area contributed by atoms with Gasteiger partial charge in [-0.25, -0.2) is 4.39 Å². The monoisotopic (exact) mass is 256 g/mol. The maximum atomic E-state index is 13.4. The van der Waals surface area contributed by atoms with Gasteiger partial charge in [-0.15, -0.1) is 0 Å². The summed E-state index contributed by atoms with van der Waals surface area (Å²) >= 11 is 3.17. The summed E-state index contributed by atoms with van der Waals surface area (Å²) in [7, 11) is 3.49. The summed E-state index contributed by atoms with van der Waals surface area (Å²) in [6, 6.07) is 6.22. The number of nitriles is 1. The highest BCUT2D eigenvalue weighted by Crippen LogP contribution is 2.23.